The minimum atomic E-state index is -4.67. The Bertz CT molecular complexity index is 1210. The Hall–Kier alpha value is -2.59. The van der Waals surface area contributed by atoms with E-state index in [1.807, 2.05) is 25.1 Å². The second-order valence-electron chi connectivity index (χ2n) is 7.28. The average Bonchev–Trinajstić information content (AvgIpc) is 2.90. The molecule has 0 fully saturated rings. The van der Waals surface area contributed by atoms with E-state index in [1.54, 1.807) is 0 Å². The summed E-state index contributed by atoms with van der Waals surface area (Å²) in [4.78, 5) is 19.6. The van der Waals surface area contributed by atoms with Gasteiger partial charge in [-0.25, -0.2) is 4.99 Å². The number of H-pyrrole nitrogens is 1. The van der Waals surface area contributed by atoms with Crippen LogP contribution in [0.4, 0.5) is 0 Å². The van der Waals surface area contributed by atoms with E-state index >= 15 is 0 Å². The number of aromatic nitrogens is 1. The fraction of sp³-hybridized carbons (Fsp3) is 0.364. The van der Waals surface area contributed by atoms with E-state index in [9.17, 15) is 4.79 Å². The van der Waals surface area contributed by atoms with Crippen LogP contribution in [-0.4, -0.2) is 34.5 Å². The minimum Gasteiger partial charge on any atom is -0.354 e. The summed E-state index contributed by atoms with van der Waals surface area (Å²) in [7, 11) is -4.67. The summed E-state index contributed by atoms with van der Waals surface area (Å²) in [5.74, 6) is -0.0681. The van der Waals surface area contributed by atoms with Crippen LogP contribution >= 0.6 is 0 Å². The monoisotopic (exact) mass is 447 g/mol. The number of hydrogen-bond acceptors (Lipinski definition) is 4. The van der Waals surface area contributed by atoms with Gasteiger partial charge in [-0.2, -0.15) is 8.42 Å². The van der Waals surface area contributed by atoms with Crippen molar-refractivity contribution in [3.63, 3.8) is 0 Å². The van der Waals surface area contributed by atoms with Gasteiger partial charge >= 0.3 is 10.4 Å². The molecule has 1 heterocycles. The molecule has 31 heavy (non-hydrogen) atoms. The lowest BCUT2D eigenvalue weighted by Gasteiger charge is -2.11. The Labute approximate surface area is 182 Å². The highest BCUT2D eigenvalue weighted by Crippen LogP contribution is 2.26. The first-order chi connectivity index (χ1) is 14.6. The lowest BCUT2D eigenvalue weighted by Crippen LogP contribution is -2.24. The Kier molecular flexibility index (Phi) is 8.88. The fourth-order valence-corrected chi connectivity index (χ4v) is 3.11. The number of carbonyl (C=O) groups excluding carboxylic acids is 1. The third-order valence-corrected chi connectivity index (χ3v) is 4.78. The molecule has 0 aliphatic carbocycles. The van der Waals surface area contributed by atoms with Crippen molar-refractivity contribution in [2.75, 3.05) is 0 Å². The molecule has 0 saturated carbocycles. The number of benzene rings is 1. The molecule has 4 N–H and O–H groups in total. The quantitative estimate of drug-likeness (QED) is 0.425. The summed E-state index contributed by atoms with van der Waals surface area (Å²) in [5.41, 5.74) is 3.40. The van der Waals surface area contributed by atoms with Crippen LogP contribution in [0.1, 0.15) is 45.6 Å². The molecule has 0 radical (unpaired) electrons. The van der Waals surface area contributed by atoms with Crippen LogP contribution in [-0.2, 0) is 21.7 Å². The Balaban J connectivity index is 0.000000614. The Morgan fingerprint density at radius 2 is 1.77 bits per heavy atom. The third kappa shape index (κ3) is 7.87. The smallest absolute Gasteiger partial charge is 0.354 e. The molecule has 0 spiro atoms. The maximum absolute atomic E-state index is 11.9. The van der Waals surface area contributed by atoms with Crippen molar-refractivity contribution in [3.05, 3.63) is 53.4 Å². The molecule has 168 valence electrons. The molecule has 2 aromatic carbocycles. The lowest BCUT2D eigenvalue weighted by atomic mass is 10.1. The molecule has 9 heteroatoms. The van der Waals surface area contributed by atoms with Crippen molar-refractivity contribution < 1.29 is 22.3 Å². The van der Waals surface area contributed by atoms with E-state index in [2.05, 4.69) is 53.4 Å². The molecule has 0 aliphatic heterocycles. The number of nitrogens with one attached hydrogen (secondary N) is 2. The largest absolute Gasteiger partial charge is 0.394 e. The topological polar surface area (TPSA) is 132 Å². The first kappa shape index (κ1) is 24.7. The van der Waals surface area contributed by atoms with Crippen LogP contribution in [0.15, 0.2) is 47.5 Å². The molecular formula is C22H29N3O5S. The van der Waals surface area contributed by atoms with Crippen LogP contribution in [0, 0.1) is 0 Å². The number of rotatable bonds is 6. The average molecular weight is 448 g/mol. The summed E-state index contributed by atoms with van der Waals surface area (Å²) in [6.07, 6.45) is 2.41. The maximum atomic E-state index is 11.9. The normalized spacial score (nSPS) is 13.1. The van der Waals surface area contributed by atoms with Gasteiger partial charge in [0.05, 0.1) is 10.9 Å². The van der Waals surface area contributed by atoms with E-state index in [1.165, 1.54) is 10.9 Å². The number of fused-ring (bicyclic) bond motifs is 3. The zero-order valence-corrected chi connectivity index (χ0v) is 18.7. The number of amides is 1. The zero-order valence-electron chi connectivity index (χ0n) is 17.9. The minimum absolute atomic E-state index is 0.0681. The molecule has 3 aromatic rings. The van der Waals surface area contributed by atoms with Crippen LogP contribution in [0.25, 0.3) is 21.8 Å². The molecule has 1 aromatic heterocycles. The van der Waals surface area contributed by atoms with Gasteiger partial charge in [-0.05, 0) is 37.5 Å². The van der Waals surface area contributed by atoms with Gasteiger partial charge < -0.3 is 10.3 Å². The van der Waals surface area contributed by atoms with Crippen LogP contribution in [0.2, 0.25) is 0 Å². The van der Waals surface area contributed by atoms with E-state index < -0.39 is 10.4 Å². The molecule has 0 bridgehead atoms. The molecular weight excluding hydrogens is 418 g/mol. The Morgan fingerprint density at radius 1 is 1.13 bits per heavy atom. The highest BCUT2D eigenvalue weighted by atomic mass is 32.3. The van der Waals surface area contributed by atoms with Crippen molar-refractivity contribution in [1.29, 1.82) is 0 Å². The number of aromatic amines is 1. The molecule has 0 aliphatic rings. The van der Waals surface area contributed by atoms with Gasteiger partial charge in [-0.3, -0.25) is 13.9 Å². The van der Waals surface area contributed by atoms with E-state index in [0.29, 0.717) is 17.8 Å². The van der Waals surface area contributed by atoms with Crippen LogP contribution < -0.4 is 10.7 Å². The van der Waals surface area contributed by atoms with Crippen molar-refractivity contribution in [2.45, 2.75) is 52.6 Å². The van der Waals surface area contributed by atoms with Gasteiger partial charge in [0.15, 0.2) is 0 Å². The van der Waals surface area contributed by atoms with Crippen LogP contribution in [0.3, 0.4) is 0 Å². The van der Waals surface area contributed by atoms with Gasteiger partial charge in [-0.15, -0.1) is 0 Å². The number of nitrogens with zero attached hydrogens (tertiary/aromatic N) is 1. The van der Waals surface area contributed by atoms with Gasteiger partial charge in [0.25, 0.3) is 0 Å². The summed E-state index contributed by atoms with van der Waals surface area (Å²) < 4.78 is 31.6. The van der Waals surface area contributed by atoms with Gasteiger partial charge in [-0.1, -0.05) is 44.2 Å². The SMILES string of the molecule is CCCC(=O)N=c1cccc2c(c1)[nH]c1c(CNC(C)CC)cccc12.O=S(=O)(O)O. The molecule has 1 unspecified atom stereocenters. The molecule has 1 atom stereocenters. The predicted octanol–water partition coefficient (Wildman–Crippen LogP) is 3.78. The molecule has 1 amide bonds. The van der Waals surface area contributed by atoms with Crippen molar-refractivity contribution >= 4 is 38.1 Å². The predicted molar refractivity (Wildman–Crippen MR) is 122 cm³/mol. The fourth-order valence-electron chi connectivity index (χ4n) is 3.11. The molecule has 0 saturated heterocycles. The Morgan fingerprint density at radius 3 is 2.42 bits per heavy atom. The third-order valence-electron chi connectivity index (χ3n) is 4.78. The van der Waals surface area contributed by atoms with Crippen LogP contribution in [0.5, 0.6) is 0 Å². The highest BCUT2D eigenvalue weighted by Gasteiger charge is 2.08. The van der Waals surface area contributed by atoms with Gasteiger partial charge in [0, 0.05) is 35.3 Å². The van der Waals surface area contributed by atoms with Crippen molar-refractivity contribution in [1.82, 2.24) is 10.3 Å². The van der Waals surface area contributed by atoms with Crippen molar-refractivity contribution in [2.24, 2.45) is 4.99 Å². The van der Waals surface area contributed by atoms with Crippen molar-refractivity contribution in [3.8, 4) is 0 Å². The summed E-state index contributed by atoms with van der Waals surface area (Å²) in [6, 6.07) is 14.8. The van der Waals surface area contributed by atoms with Gasteiger partial charge in [0.1, 0.15) is 0 Å². The second kappa shape index (κ2) is 11.1. The maximum Gasteiger partial charge on any atom is 0.394 e. The first-order valence-corrected chi connectivity index (χ1v) is 11.6. The van der Waals surface area contributed by atoms with E-state index in [-0.39, 0.29) is 5.91 Å². The van der Waals surface area contributed by atoms with E-state index in [4.69, 9.17) is 17.5 Å². The van der Waals surface area contributed by atoms with E-state index in [0.717, 1.165) is 35.8 Å². The summed E-state index contributed by atoms with van der Waals surface area (Å²) in [6.45, 7) is 7.21. The second-order valence-corrected chi connectivity index (χ2v) is 8.18. The zero-order chi connectivity index (χ0) is 23.0. The highest BCUT2D eigenvalue weighted by molar-refractivity contribution is 7.79. The van der Waals surface area contributed by atoms with Gasteiger partial charge in [0.2, 0.25) is 5.91 Å². The number of carbonyl (C=O) groups is 1. The molecule has 8 nitrogen and oxygen atoms in total. The lowest BCUT2D eigenvalue weighted by molar-refractivity contribution is -0.118. The number of hydrogen-bond donors (Lipinski definition) is 4. The number of para-hydroxylation sites is 1. The molecule has 3 rings (SSSR count). The summed E-state index contributed by atoms with van der Waals surface area (Å²) in [5, 5.41) is 6.61. The summed E-state index contributed by atoms with van der Waals surface area (Å²) >= 11 is 0. The standard InChI is InChI=1S/C22H27N3O.H2O4S/c1-4-8-21(26)24-17-10-7-11-18-19-12-6-9-16(14-23-15(3)5-2)22(19)25-20(18)13-17;1-5(2,3)4/h6-7,9-13,15,23,25H,4-5,8,14H2,1-3H3;(H2,1,2,3,4). The first-order valence-electron chi connectivity index (χ1n) is 10.2.